The molecule has 0 bridgehead atoms. The van der Waals surface area contributed by atoms with Crippen LogP contribution in [-0.4, -0.2) is 0 Å². The predicted molar refractivity (Wildman–Crippen MR) is 39.8 cm³/mol. The van der Waals surface area contributed by atoms with Crippen molar-refractivity contribution in [1.29, 1.82) is 0 Å². The average Bonchev–Trinajstić information content (AvgIpc) is 1.61. The second kappa shape index (κ2) is 15.9. The van der Waals surface area contributed by atoms with Crippen molar-refractivity contribution in [3.8, 4) is 0 Å². The molecular weight excluding hydrogens is 100 g/mol. The molecule has 6 N–H and O–H groups in total. The molecule has 2 heteroatoms. The van der Waals surface area contributed by atoms with E-state index in [1.807, 2.05) is 6.08 Å². The molecule has 0 fully saturated rings. The Hall–Kier alpha value is -0.340. The highest BCUT2D eigenvalue weighted by Crippen LogP contribution is 1.91. The second-order valence-electron chi connectivity index (χ2n) is 1.43. The third kappa shape index (κ3) is 17.4. The molecule has 0 aliphatic rings. The van der Waals surface area contributed by atoms with Gasteiger partial charge in [-0.1, -0.05) is 25.8 Å². The highest BCUT2D eigenvalue weighted by molar-refractivity contribution is 4.64. The van der Waals surface area contributed by atoms with Crippen LogP contribution in [-0.2, 0) is 0 Å². The Bertz CT molecular complexity index is 35.5. The van der Waals surface area contributed by atoms with Gasteiger partial charge in [-0.2, -0.15) is 0 Å². The van der Waals surface area contributed by atoms with Crippen LogP contribution in [0.1, 0.15) is 26.2 Å². The molecule has 0 amide bonds. The molecule has 0 saturated carbocycles. The molecule has 0 rings (SSSR count). The van der Waals surface area contributed by atoms with E-state index < -0.39 is 0 Å². The van der Waals surface area contributed by atoms with Crippen molar-refractivity contribution >= 4 is 0 Å². The summed E-state index contributed by atoms with van der Waals surface area (Å²) in [6, 6.07) is 0. The minimum Gasteiger partial charge on any atom is -0.344 e. The summed E-state index contributed by atoms with van der Waals surface area (Å²) in [4.78, 5) is 0. The first-order chi connectivity index (χ1) is 2.91. The van der Waals surface area contributed by atoms with Crippen molar-refractivity contribution in [2.75, 3.05) is 0 Å². The quantitative estimate of drug-likeness (QED) is 0.442. The predicted octanol–water partition coefficient (Wildman–Crippen LogP) is 2.69. The second-order valence-corrected chi connectivity index (χ2v) is 1.43. The van der Waals surface area contributed by atoms with Crippen molar-refractivity contribution in [3.05, 3.63) is 12.7 Å². The van der Waals surface area contributed by atoms with Gasteiger partial charge in [-0.15, -0.1) is 6.58 Å². The van der Waals surface area contributed by atoms with Crippen LogP contribution in [0.2, 0.25) is 0 Å². The first-order valence-electron chi connectivity index (χ1n) is 2.52. The lowest BCUT2D eigenvalue weighted by atomic mass is 10.3. The fraction of sp³-hybridized carbons (Fsp3) is 0.667. The first kappa shape index (κ1) is 15.6. The normalized spacial score (nSPS) is 6.12. The lowest BCUT2D eigenvalue weighted by Gasteiger charge is -1.81. The van der Waals surface area contributed by atoms with Gasteiger partial charge in [0.25, 0.3) is 0 Å². The molecule has 0 aromatic carbocycles. The van der Waals surface area contributed by atoms with E-state index in [-0.39, 0.29) is 12.3 Å². The smallest absolute Gasteiger partial charge is 0.0354 e. The van der Waals surface area contributed by atoms with E-state index in [1.54, 1.807) is 0 Å². The van der Waals surface area contributed by atoms with Crippen LogP contribution in [0.25, 0.3) is 0 Å². The van der Waals surface area contributed by atoms with Crippen molar-refractivity contribution in [1.82, 2.24) is 12.3 Å². The molecule has 0 unspecified atom stereocenters. The van der Waals surface area contributed by atoms with Crippen LogP contribution in [0.15, 0.2) is 12.7 Å². The molecule has 0 aromatic rings. The molecular formula is C6H18N2. The van der Waals surface area contributed by atoms with Crippen molar-refractivity contribution in [2.45, 2.75) is 26.2 Å². The molecule has 0 radical (unpaired) electrons. The summed E-state index contributed by atoms with van der Waals surface area (Å²) in [7, 11) is 0. The fourth-order valence-electron chi connectivity index (χ4n) is 0.348. The summed E-state index contributed by atoms with van der Waals surface area (Å²) in [6.07, 6.45) is 5.72. The Morgan fingerprint density at radius 3 is 2.00 bits per heavy atom. The largest absolute Gasteiger partial charge is 0.344 e. The van der Waals surface area contributed by atoms with Gasteiger partial charge in [-0.3, -0.25) is 0 Å². The van der Waals surface area contributed by atoms with Gasteiger partial charge in [0, 0.05) is 0 Å². The van der Waals surface area contributed by atoms with E-state index >= 15 is 0 Å². The third-order valence-electron chi connectivity index (χ3n) is 0.762. The lowest BCUT2D eigenvalue weighted by molar-refractivity contribution is 0.816. The van der Waals surface area contributed by atoms with Crippen molar-refractivity contribution < 1.29 is 0 Å². The Balaban J connectivity index is -0.000000125. The summed E-state index contributed by atoms with van der Waals surface area (Å²) in [6.45, 7) is 5.78. The molecule has 2 nitrogen and oxygen atoms in total. The van der Waals surface area contributed by atoms with Crippen LogP contribution >= 0.6 is 0 Å². The highest BCUT2D eigenvalue weighted by atomic mass is 14.0. The number of allylic oxidation sites excluding steroid dienone is 1. The van der Waals surface area contributed by atoms with Gasteiger partial charge in [-0.05, 0) is 6.42 Å². The molecule has 0 spiro atoms. The van der Waals surface area contributed by atoms with E-state index in [0.717, 1.165) is 0 Å². The van der Waals surface area contributed by atoms with Gasteiger partial charge in [0.05, 0.1) is 0 Å². The van der Waals surface area contributed by atoms with Crippen molar-refractivity contribution in [3.63, 3.8) is 0 Å². The zero-order valence-electron chi connectivity index (χ0n) is 5.82. The van der Waals surface area contributed by atoms with Gasteiger partial charge < -0.3 is 12.3 Å². The van der Waals surface area contributed by atoms with Gasteiger partial charge in [0.15, 0.2) is 0 Å². The zero-order chi connectivity index (χ0) is 4.83. The summed E-state index contributed by atoms with van der Waals surface area (Å²) in [5, 5.41) is 0. The Morgan fingerprint density at radius 1 is 1.38 bits per heavy atom. The van der Waals surface area contributed by atoms with Crippen LogP contribution in [0.3, 0.4) is 0 Å². The van der Waals surface area contributed by atoms with E-state index in [4.69, 9.17) is 0 Å². The van der Waals surface area contributed by atoms with Crippen LogP contribution < -0.4 is 12.3 Å². The topological polar surface area (TPSA) is 70.0 Å². The summed E-state index contributed by atoms with van der Waals surface area (Å²) in [5.74, 6) is 0. The van der Waals surface area contributed by atoms with E-state index in [2.05, 4.69) is 13.5 Å². The molecule has 0 aromatic heterocycles. The standard InChI is InChI=1S/C6H12.2H3N/c1-3-5-6-4-2;;/h3H,1,4-6H2,2H3;2*1H3. The molecule has 8 heavy (non-hydrogen) atoms. The van der Waals surface area contributed by atoms with E-state index in [1.165, 1.54) is 19.3 Å². The van der Waals surface area contributed by atoms with Crippen LogP contribution in [0.4, 0.5) is 0 Å². The third-order valence-corrected chi connectivity index (χ3v) is 0.762. The summed E-state index contributed by atoms with van der Waals surface area (Å²) >= 11 is 0. The van der Waals surface area contributed by atoms with Gasteiger partial charge in [0.1, 0.15) is 0 Å². The molecule has 52 valence electrons. The minimum atomic E-state index is 0. The van der Waals surface area contributed by atoms with E-state index in [0.29, 0.717) is 0 Å². The van der Waals surface area contributed by atoms with Crippen LogP contribution in [0.5, 0.6) is 0 Å². The number of hydrogen-bond acceptors (Lipinski definition) is 2. The maximum Gasteiger partial charge on any atom is -0.0354 e. The van der Waals surface area contributed by atoms with Gasteiger partial charge in [-0.25, -0.2) is 0 Å². The Morgan fingerprint density at radius 2 is 1.88 bits per heavy atom. The number of unbranched alkanes of at least 4 members (excludes halogenated alkanes) is 2. The maximum absolute atomic E-state index is 3.60. The molecule has 0 atom stereocenters. The van der Waals surface area contributed by atoms with Crippen LogP contribution in [0, 0.1) is 0 Å². The summed E-state index contributed by atoms with van der Waals surface area (Å²) < 4.78 is 0. The molecule has 0 aliphatic heterocycles. The SMILES string of the molecule is C=CCCCC.N.N. The molecule has 0 heterocycles. The van der Waals surface area contributed by atoms with E-state index in [9.17, 15) is 0 Å². The van der Waals surface area contributed by atoms with Gasteiger partial charge >= 0.3 is 0 Å². The zero-order valence-corrected chi connectivity index (χ0v) is 5.82. The minimum absolute atomic E-state index is 0. The molecule has 0 aliphatic carbocycles. The molecule has 0 saturated heterocycles. The Labute approximate surface area is 52.1 Å². The highest BCUT2D eigenvalue weighted by Gasteiger charge is 1.71. The average molecular weight is 118 g/mol. The maximum atomic E-state index is 3.60. The number of hydrogen-bond donors (Lipinski definition) is 2. The summed E-state index contributed by atoms with van der Waals surface area (Å²) in [5.41, 5.74) is 0. The van der Waals surface area contributed by atoms with Crippen molar-refractivity contribution in [2.24, 2.45) is 0 Å². The number of rotatable bonds is 3. The Kier molecular flexibility index (Phi) is 31.2. The monoisotopic (exact) mass is 118 g/mol. The first-order valence-corrected chi connectivity index (χ1v) is 2.52. The fourth-order valence-corrected chi connectivity index (χ4v) is 0.348. The lowest BCUT2D eigenvalue weighted by Crippen LogP contribution is -1.61. The van der Waals surface area contributed by atoms with Gasteiger partial charge in [0.2, 0.25) is 0 Å².